The molecule has 1 unspecified atom stereocenters. The molecule has 0 spiro atoms. The van der Waals surface area contributed by atoms with Crippen LogP contribution in [0.5, 0.6) is 5.75 Å². The Morgan fingerprint density at radius 3 is 2.89 bits per heavy atom. The molecule has 0 aromatic heterocycles. The van der Waals surface area contributed by atoms with Gasteiger partial charge < -0.3 is 15.4 Å². The van der Waals surface area contributed by atoms with Gasteiger partial charge in [0.2, 0.25) is 0 Å². The summed E-state index contributed by atoms with van der Waals surface area (Å²) in [4.78, 5) is 14.2. The lowest BCUT2D eigenvalue weighted by atomic mass is 10.1. The lowest BCUT2D eigenvalue weighted by Crippen LogP contribution is -2.30. The van der Waals surface area contributed by atoms with Crippen molar-refractivity contribution in [2.45, 2.75) is 6.42 Å². The number of hydrogen-bond donors (Lipinski definition) is 1. The maximum Gasteiger partial charge on any atom is 0.257 e. The van der Waals surface area contributed by atoms with E-state index in [0.717, 1.165) is 13.0 Å². The van der Waals surface area contributed by atoms with Gasteiger partial charge in [-0.15, -0.1) is 12.4 Å². The molecule has 1 atom stereocenters. The molecular formula is C13H18Cl2N2O2. The van der Waals surface area contributed by atoms with Crippen LogP contribution in [-0.2, 0) is 0 Å². The van der Waals surface area contributed by atoms with Crippen molar-refractivity contribution in [2.75, 3.05) is 26.7 Å². The molecule has 1 aliphatic heterocycles. The van der Waals surface area contributed by atoms with Crippen molar-refractivity contribution in [3.05, 3.63) is 28.8 Å². The summed E-state index contributed by atoms with van der Waals surface area (Å²) in [5.74, 6) is 0.921. The van der Waals surface area contributed by atoms with Gasteiger partial charge in [0.05, 0.1) is 12.7 Å². The number of methoxy groups -OCH3 is 1. The molecule has 2 rings (SSSR count). The van der Waals surface area contributed by atoms with Gasteiger partial charge in [-0.3, -0.25) is 4.79 Å². The Bertz CT molecular complexity index is 454. The smallest absolute Gasteiger partial charge is 0.257 e. The molecule has 1 aromatic rings. The zero-order valence-electron chi connectivity index (χ0n) is 10.8. The van der Waals surface area contributed by atoms with E-state index in [2.05, 4.69) is 0 Å². The van der Waals surface area contributed by atoms with E-state index in [-0.39, 0.29) is 18.3 Å². The normalized spacial score (nSPS) is 18.1. The molecule has 4 nitrogen and oxygen atoms in total. The third-order valence-electron chi connectivity index (χ3n) is 3.30. The predicted molar refractivity (Wildman–Crippen MR) is 78.3 cm³/mol. The molecule has 1 saturated heterocycles. The van der Waals surface area contributed by atoms with Gasteiger partial charge in [-0.25, -0.2) is 0 Å². The van der Waals surface area contributed by atoms with Gasteiger partial charge in [0.25, 0.3) is 5.91 Å². The molecule has 1 amide bonds. The Kier molecular flexibility index (Phi) is 5.91. The number of likely N-dealkylation sites (tertiary alicyclic amines) is 1. The second-order valence-corrected chi connectivity index (χ2v) is 4.92. The highest BCUT2D eigenvalue weighted by molar-refractivity contribution is 6.31. The van der Waals surface area contributed by atoms with Gasteiger partial charge in [0.1, 0.15) is 5.75 Å². The zero-order valence-corrected chi connectivity index (χ0v) is 12.3. The van der Waals surface area contributed by atoms with E-state index in [1.54, 1.807) is 25.3 Å². The Morgan fingerprint density at radius 1 is 1.58 bits per heavy atom. The highest BCUT2D eigenvalue weighted by atomic mass is 35.5. The standard InChI is InChI=1S/C13H17ClN2O2.ClH/c1-18-12-3-2-10(14)6-11(12)13(17)16-5-4-9(7-15)8-16;/h2-3,6,9H,4-5,7-8,15H2,1H3;1H. The molecular weight excluding hydrogens is 287 g/mol. The summed E-state index contributed by atoms with van der Waals surface area (Å²) in [5.41, 5.74) is 6.15. The van der Waals surface area contributed by atoms with Crippen LogP contribution in [0, 0.1) is 5.92 Å². The minimum Gasteiger partial charge on any atom is -0.496 e. The van der Waals surface area contributed by atoms with Crippen molar-refractivity contribution in [3.63, 3.8) is 0 Å². The molecule has 0 radical (unpaired) electrons. The van der Waals surface area contributed by atoms with Crippen molar-refractivity contribution >= 4 is 29.9 Å². The van der Waals surface area contributed by atoms with E-state index in [1.165, 1.54) is 0 Å². The van der Waals surface area contributed by atoms with Gasteiger partial charge in [-0.1, -0.05) is 11.6 Å². The number of amides is 1. The summed E-state index contributed by atoms with van der Waals surface area (Å²) < 4.78 is 5.20. The van der Waals surface area contributed by atoms with Crippen LogP contribution in [0.1, 0.15) is 16.8 Å². The molecule has 0 bridgehead atoms. The van der Waals surface area contributed by atoms with E-state index in [1.807, 2.05) is 4.90 Å². The Labute approximate surface area is 124 Å². The first-order valence-electron chi connectivity index (χ1n) is 5.98. The fraction of sp³-hybridized carbons (Fsp3) is 0.462. The lowest BCUT2D eigenvalue weighted by molar-refractivity contribution is 0.0784. The quantitative estimate of drug-likeness (QED) is 0.931. The summed E-state index contributed by atoms with van der Waals surface area (Å²) in [6.07, 6.45) is 0.963. The van der Waals surface area contributed by atoms with Crippen LogP contribution in [0.15, 0.2) is 18.2 Å². The number of carbonyl (C=O) groups excluding carboxylic acids is 1. The maximum atomic E-state index is 12.4. The summed E-state index contributed by atoms with van der Waals surface area (Å²) in [6, 6.07) is 5.08. The fourth-order valence-electron chi connectivity index (χ4n) is 2.23. The van der Waals surface area contributed by atoms with E-state index < -0.39 is 0 Å². The SMILES string of the molecule is COc1ccc(Cl)cc1C(=O)N1CCC(CN)C1.Cl. The second-order valence-electron chi connectivity index (χ2n) is 4.49. The highest BCUT2D eigenvalue weighted by Gasteiger charge is 2.27. The minimum atomic E-state index is -0.0368. The van der Waals surface area contributed by atoms with E-state index >= 15 is 0 Å². The number of nitrogens with zero attached hydrogens (tertiary/aromatic N) is 1. The number of hydrogen-bond acceptors (Lipinski definition) is 3. The van der Waals surface area contributed by atoms with Gasteiger partial charge >= 0.3 is 0 Å². The van der Waals surface area contributed by atoms with Gasteiger partial charge in [-0.05, 0) is 37.1 Å². The minimum absolute atomic E-state index is 0. The molecule has 1 heterocycles. The van der Waals surface area contributed by atoms with Gasteiger partial charge in [-0.2, -0.15) is 0 Å². The first kappa shape index (κ1) is 16.1. The number of carbonyl (C=O) groups is 1. The maximum absolute atomic E-state index is 12.4. The topological polar surface area (TPSA) is 55.6 Å². The molecule has 19 heavy (non-hydrogen) atoms. The van der Waals surface area contributed by atoms with Gasteiger partial charge in [0, 0.05) is 18.1 Å². The highest BCUT2D eigenvalue weighted by Crippen LogP contribution is 2.26. The van der Waals surface area contributed by atoms with Crippen LogP contribution in [0.4, 0.5) is 0 Å². The van der Waals surface area contributed by atoms with E-state index in [0.29, 0.717) is 35.3 Å². The Morgan fingerprint density at radius 2 is 2.32 bits per heavy atom. The molecule has 1 aliphatic rings. The largest absolute Gasteiger partial charge is 0.496 e. The fourth-order valence-corrected chi connectivity index (χ4v) is 2.40. The summed E-state index contributed by atoms with van der Waals surface area (Å²) in [6.45, 7) is 2.08. The van der Waals surface area contributed by atoms with Crippen LogP contribution >= 0.6 is 24.0 Å². The summed E-state index contributed by atoms with van der Waals surface area (Å²) >= 11 is 5.93. The summed E-state index contributed by atoms with van der Waals surface area (Å²) in [7, 11) is 1.55. The molecule has 1 aromatic carbocycles. The zero-order chi connectivity index (χ0) is 13.1. The molecule has 0 saturated carbocycles. The van der Waals surface area contributed by atoms with E-state index in [9.17, 15) is 4.79 Å². The van der Waals surface area contributed by atoms with Crippen LogP contribution in [0.25, 0.3) is 0 Å². The van der Waals surface area contributed by atoms with Gasteiger partial charge in [0.15, 0.2) is 0 Å². The summed E-state index contributed by atoms with van der Waals surface area (Å²) in [5, 5.41) is 0.536. The Hall–Kier alpha value is -0.970. The second kappa shape index (κ2) is 6.98. The van der Waals surface area contributed by atoms with Crippen molar-refractivity contribution in [2.24, 2.45) is 11.7 Å². The lowest BCUT2D eigenvalue weighted by Gasteiger charge is -2.18. The van der Waals surface area contributed by atoms with Crippen LogP contribution in [0.3, 0.4) is 0 Å². The number of rotatable bonds is 3. The molecule has 106 valence electrons. The van der Waals surface area contributed by atoms with Crippen LogP contribution < -0.4 is 10.5 Å². The van der Waals surface area contributed by atoms with E-state index in [4.69, 9.17) is 22.1 Å². The molecule has 6 heteroatoms. The van der Waals surface area contributed by atoms with Crippen molar-refractivity contribution < 1.29 is 9.53 Å². The third-order valence-corrected chi connectivity index (χ3v) is 3.53. The van der Waals surface area contributed by atoms with Crippen molar-refractivity contribution in [1.29, 1.82) is 0 Å². The first-order chi connectivity index (χ1) is 8.65. The first-order valence-corrected chi connectivity index (χ1v) is 6.36. The predicted octanol–water partition coefficient (Wildman–Crippen LogP) is 2.19. The van der Waals surface area contributed by atoms with Crippen LogP contribution in [0.2, 0.25) is 5.02 Å². The monoisotopic (exact) mass is 304 g/mol. The number of benzene rings is 1. The molecule has 2 N–H and O–H groups in total. The van der Waals surface area contributed by atoms with Crippen molar-refractivity contribution in [1.82, 2.24) is 4.90 Å². The average Bonchev–Trinajstić information content (AvgIpc) is 2.86. The Balaban J connectivity index is 0.00000180. The third kappa shape index (κ3) is 3.53. The molecule has 0 aliphatic carbocycles. The number of nitrogens with two attached hydrogens (primary N) is 1. The van der Waals surface area contributed by atoms with Crippen molar-refractivity contribution in [3.8, 4) is 5.75 Å². The number of ether oxygens (including phenoxy) is 1. The van der Waals surface area contributed by atoms with Crippen LogP contribution in [-0.4, -0.2) is 37.6 Å². The molecule has 1 fully saturated rings. The average molecular weight is 305 g/mol. The number of halogens is 2.